The molecule has 2 aliphatic heterocycles. The van der Waals surface area contributed by atoms with Crippen LogP contribution in [-0.2, 0) is 14.6 Å². The smallest absolute Gasteiger partial charge is 0.249 e. The van der Waals surface area contributed by atoms with E-state index in [9.17, 15) is 13.2 Å². The van der Waals surface area contributed by atoms with Crippen molar-refractivity contribution in [3.05, 3.63) is 11.6 Å². The maximum absolute atomic E-state index is 12.2. The van der Waals surface area contributed by atoms with E-state index in [1.807, 2.05) is 6.08 Å². The minimum Gasteiger partial charge on any atom is -0.337 e. The summed E-state index contributed by atoms with van der Waals surface area (Å²) in [5.41, 5.74) is 0.891. The number of likely N-dealkylation sites (tertiary alicyclic amines) is 1. The van der Waals surface area contributed by atoms with Crippen LogP contribution >= 0.6 is 0 Å². The van der Waals surface area contributed by atoms with Gasteiger partial charge in [-0.05, 0) is 31.6 Å². The Morgan fingerprint density at radius 2 is 2.18 bits per heavy atom. The van der Waals surface area contributed by atoms with E-state index in [2.05, 4.69) is 0 Å². The third-order valence-electron chi connectivity index (χ3n) is 4.22. The monoisotopic (exact) mass is 255 g/mol. The van der Waals surface area contributed by atoms with E-state index < -0.39 is 9.84 Å². The summed E-state index contributed by atoms with van der Waals surface area (Å²) in [5, 5.41) is -0.284. The molecule has 1 aliphatic carbocycles. The Bertz CT molecular complexity index is 480. The van der Waals surface area contributed by atoms with E-state index >= 15 is 0 Å². The predicted molar refractivity (Wildman–Crippen MR) is 64.2 cm³/mol. The average molecular weight is 255 g/mol. The van der Waals surface area contributed by atoms with Gasteiger partial charge in [0.2, 0.25) is 5.91 Å². The molecule has 1 amide bonds. The lowest BCUT2D eigenvalue weighted by atomic mass is 10.1. The third-order valence-corrected chi connectivity index (χ3v) is 6.48. The topological polar surface area (TPSA) is 54.5 Å². The number of fused-ring (bicyclic) bond motifs is 1. The van der Waals surface area contributed by atoms with Crippen molar-refractivity contribution in [2.24, 2.45) is 5.92 Å². The molecule has 0 spiro atoms. The maximum Gasteiger partial charge on any atom is 0.249 e. The van der Waals surface area contributed by atoms with Gasteiger partial charge in [-0.25, -0.2) is 8.42 Å². The molecule has 0 aromatic heterocycles. The summed E-state index contributed by atoms with van der Waals surface area (Å²) in [5.74, 6) is 0.575. The summed E-state index contributed by atoms with van der Waals surface area (Å²) in [4.78, 5) is 13.9. The van der Waals surface area contributed by atoms with Gasteiger partial charge in [0.15, 0.2) is 9.84 Å². The highest BCUT2D eigenvalue weighted by Crippen LogP contribution is 2.34. The molecule has 2 fully saturated rings. The molecule has 0 N–H and O–H groups in total. The lowest BCUT2D eigenvalue weighted by Gasteiger charge is -2.17. The average Bonchev–Trinajstić information content (AvgIpc) is 2.97. The first-order chi connectivity index (χ1) is 8.08. The number of carbonyl (C=O) groups excluding carboxylic acids is 1. The van der Waals surface area contributed by atoms with E-state index in [4.69, 9.17) is 0 Å². The molecule has 0 saturated carbocycles. The van der Waals surface area contributed by atoms with Crippen molar-refractivity contribution in [1.29, 1.82) is 0 Å². The molecular weight excluding hydrogens is 238 g/mol. The first-order valence-electron chi connectivity index (χ1n) is 6.28. The van der Waals surface area contributed by atoms with Crippen LogP contribution in [0.4, 0.5) is 0 Å². The first-order valence-corrected chi connectivity index (χ1v) is 7.99. The molecular formula is C12H17NO3S. The zero-order valence-corrected chi connectivity index (χ0v) is 10.6. The number of hydrogen-bond donors (Lipinski definition) is 0. The number of carbonyl (C=O) groups is 1. The molecule has 3 aliphatic rings. The molecule has 2 saturated heterocycles. The second-order valence-electron chi connectivity index (χ2n) is 5.29. The van der Waals surface area contributed by atoms with Gasteiger partial charge in [0.05, 0.1) is 11.0 Å². The largest absolute Gasteiger partial charge is 0.337 e. The van der Waals surface area contributed by atoms with E-state index in [1.165, 1.54) is 0 Å². The second kappa shape index (κ2) is 3.83. The quantitative estimate of drug-likeness (QED) is 0.694. The maximum atomic E-state index is 12.2. The summed E-state index contributed by atoms with van der Waals surface area (Å²) in [6.45, 7) is 1.06. The van der Waals surface area contributed by atoms with Gasteiger partial charge in [0.25, 0.3) is 0 Å². The van der Waals surface area contributed by atoms with E-state index in [-0.39, 0.29) is 17.1 Å². The van der Waals surface area contributed by atoms with Crippen molar-refractivity contribution in [3.63, 3.8) is 0 Å². The summed E-state index contributed by atoms with van der Waals surface area (Å²) < 4.78 is 23.6. The van der Waals surface area contributed by atoms with Crippen molar-refractivity contribution in [2.75, 3.05) is 18.8 Å². The fourth-order valence-corrected chi connectivity index (χ4v) is 5.38. The lowest BCUT2D eigenvalue weighted by Crippen LogP contribution is -2.32. The summed E-state index contributed by atoms with van der Waals surface area (Å²) in [6.07, 6.45) is 5.64. The van der Waals surface area contributed by atoms with Crippen LogP contribution in [-0.4, -0.2) is 43.3 Å². The van der Waals surface area contributed by atoms with Crippen molar-refractivity contribution < 1.29 is 13.2 Å². The van der Waals surface area contributed by atoms with Crippen molar-refractivity contribution in [1.82, 2.24) is 4.90 Å². The Morgan fingerprint density at radius 3 is 2.82 bits per heavy atom. The van der Waals surface area contributed by atoms with Crippen molar-refractivity contribution in [3.8, 4) is 0 Å². The highest BCUT2D eigenvalue weighted by molar-refractivity contribution is 7.92. The molecule has 3 rings (SSSR count). The van der Waals surface area contributed by atoms with E-state index in [0.717, 1.165) is 31.3 Å². The van der Waals surface area contributed by atoms with Crippen LogP contribution < -0.4 is 0 Å². The number of allylic oxidation sites excluding steroid dienone is 1. The molecule has 2 atom stereocenters. The standard InChI is InChI=1S/C12H17NO3S/c14-12(9-3-1-2-4-9)13-7-10-5-6-17(15,16)11(10)8-13/h3,10-11H,1-2,4-8H2/t10-,11+/m0/s1. The van der Waals surface area contributed by atoms with Gasteiger partial charge in [-0.15, -0.1) is 0 Å². The fraction of sp³-hybridized carbons (Fsp3) is 0.750. The van der Waals surface area contributed by atoms with Crippen molar-refractivity contribution in [2.45, 2.75) is 30.9 Å². The van der Waals surface area contributed by atoms with E-state index in [0.29, 0.717) is 18.8 Å². The van der Waals surface area contributed by atoms with Gasteiger partial charge in [-0.3, -0.25) is 4.79 Å². The first kappa shape index (κ1) is 11.3. The number of sulfone groups is 1. The molecule has 0 radical (unpaired) electrons. The number of nitrogens with zero attached hydrogens (tertiary/aromatic N) is 1. The Morgan fingerprint density at radius 1 is 1.35 bits per heavy atom. The van der Waals surface area contributed by atoms with Crippen LogP contribution in [0.15, 0.2) is 11.6 Å². The molecule has 2 heterocycles. The summed E-state index contributed by atoms with van der Waals surface area (Å²) in [7, 11) is -2.93. The Labute approximate surface area is 102 Å². The zero-order valence-electron chi connectivity index (χ0n) is 9.76. The van der Waals surface area contributed by atoms with Crippen LogP contribution in [0.1, 0.15) is 25.7 Å². The molecule has 4 nitrogen and oxygen atoms in total. The lowest BCUT2D eigenvalue weighted by molar-refractivity contribution is -0.126. The molecule has 17 heavy (non-hydrogen) atoms. The van der Waals surface area contributed by atoms with Gasteiger partial charge in [-0.2, -0.15) is 0 Å². The zero-order chi connectivity index (χ0) is 12.0. The van der Waals surface area contributed by atoms with Crippen LogP contribution in [0.5, 0.6) is 0 Å². The van der Waals surface area contributed by atoms with Crippen molar-refractivity contribution >= 4 is 15.7 Å². The molecule has 0 unspecified atom stereocenters. The molecule has 0 aromatic rings. The Kier molecular flexibility index (Phi) is 2.54. The van der Waals surface area contributed by atoms with Crippen LogP contribution in [0.3, 0.4) is 0 Å². The van der Waals surface area contributed by atoms with Gasteiger partial charge >= 0.3 is 0 Å². The number of hydrogen-bond acceptors (Lipinski definition) is 3. The summed E-state index contributed by atoms with van der Waals surface area (Å²) in [6, 6.07) is 0. The minimum absolute atomic E-state index is 0.0760. The van der Waals surface area contributed by atoms with Gasteiger partial charge in [0.1, 0.15) is 0 Å². The molecule has 5 heteroatoms. The normalized spacial score (nSPS) is 34.8. The molecule has 0 aromatic carbocycles. The predicted octanol–water partition coefficient (Wildman–Crippen LogP) is 0.742. The molecule has 94 valence electrons. The SMILES string of the molecule is O=C(C1=CCCC1)N1C[C@@H]2CCS(=O)(=O)[C@@H]2C1. The van der Waals surface area contributed by atoms with Crippen LogP contribution in [0.2, 0.25) is 0 Å². The second-order valence-corrected chi connectivity index (χ2v) is 7.63. The highest BCUT2D eigenvalue weighted by atomic mass is 32.2. The van der Waals surface area contributed by atoms with Crippen LogP contribution in [0.25, 0.3) is 0 Å². The van der Waals surface area contributed by atoms with Gasteiger partial charge in [-0.1, -0.05) is 6.08 Å². The van der Waals surface area contributed by atoms with Crippen LogP contribution in [0, 0.1) is 5.92 Å². The van der Waals surface area contributed by atoms with Gasteiger partial charge < -0.3 is 4.90 Å². The third kappa shape index (κ3) is 1.80. The minimum atomic E-state index is -2.93. The van der Waals surface area contributed by atoms with Gasteiger partial charge in [0, 0.05) is 18.7 Å². The Hall–Kier alpha value is -0.840. The van der Waals surface area contributed by atoms with E-state index in [1.54, 1.807) is 4.90 Å². The Balaban J connectivity index is 1.75. The molecule has 0 bridgehead atoms. The number of amides is 1. The number of rotatable bonds is 1. The summed E-state index contributed by atoms with van der Waals surface area (Å²) >= 11 is 0. The highest BCUT2D eigenvalue weighted by Gasteiger charge is 2.47. The fourth-order valence-electron chi connectivity index (χ4n) is 3.23.